The Kier molecular flexibility index (Phi) is 4.58. The highest BCUT2D eigenvalue weighted by Crippen LogP contribution is 2.29. The van der Waals surface area contributed by atoms with Gasteiger partial charge in [-0.25, -0.2) is 0 Å². The van der Waals surface area contributed by atoms with Crippen LogP contribution in [0, 0.1) is 0 Å². The molecule has 0 aromatic carbocycles. The van der Waals surface area contributed by atoms with Crippen LogP contribution in [0.3, 0.4) is 0 Å². The van der Waals surface area contributed by atoms with Crippen molar-refractivity contribution in [1.82, 2.24) is 4.90 Å². The highest BCUT2D eigenvalue weighted by atomic mass is 19.4. The molecule has 0 radical (unpaired) electrons. The van der Waals surface area contributed by atoms with E-state index in [0.29, 0.717) is 5.70 Å². The summed E-state index contributed by atoms with van der Waals surface area (Å²) in [5, 5.41) is 0. The van der Waals surface area contributed by atoms with Gasteiger partial charge in [0.15, 0.2) is 0 Å². The number of allylic oxidation sites excluding steroid dienone is 4. The monoisotopic (exact) mass is 221 g/mol. The fourth-order valence-electron chi connectivity index (χ4n) is 0.821. The van der Waals surface area contributed by atoms with Gasteiger partial charge >= 0.3 is 6.18 Å². The lowest BCUT2D eigenvalue weighted by atomic mass is 10.1. The van der Waals surface area contributed by atoms with Crippen LogP contribution in [0.4, 0.5) is 13.2 Å². The van der Waals surface area contributed by atoms with Gasteiger partial charge in [0.05, 0.1) is 5.57 Å². The zero-order valence-corrected chi connectivity index (χ0v) is 9.14. The van der Waals surface area contributed by atoms with Crippen LogP contribution in [0.2, 0.25) is 0 Å². The van der Waals surface area contributed by atoms with E-state index in [4.69, 9.17) is 0 Å². The van der Waals surface area contributed by atoms with Crippen molar-refractivity contribution in [3.8, 4) is 0 Å². The summed E-state index contributed by atoms with van der Waals surface area (Å²) in [6.45, 7) is 2.69. The molecule has 0 aliphatic rings. The molecule has 5 heteroatoms. The molecular formula is C10H14F3NO. The van der Waals surface area contributed by atoms with Gasteiger partial charge in [0.25, 0.3) is 0 Å². The molecule has 0 rings (SSSR count). The fraction of sp³-hybridized carbons (Fsp3) is 0.500. The topological polar surface area (TPSA) is 20.3 Å². The number of aldehydes is 1. The summed E-state index contributed by atoms with van der Waals surface area (Å²) in [5.41, 5.74) is -0.782. The van der Waals surface area contributed by atoms with Crippen molar-refractivity contribution in [3.05, 3.63) is 22.9 Å². The molecule has 0 unspecified atom stereocenters. The summed E-state index contributed by atoms with van der Waals surface area (Å²) in [6, 6.07) is 0. The van der Waals surface area contributed by atoms with Gasteiger partial charge < -0.3 is 4.90 Å². The van der Waals surface area contributed by atoms with Crippen LogP contribution in [-0.2, 0) is 4.79 Å². The van der Waals surface area contributed by atoms with Crippen LogP contribution in [0.5, 0.6) is 0 Å². The van der Waals surface area contributed by atoms with Gasteiger partial charge in [0.2, 0.25) is 0 Å². The molecule has 0 aromatic heterocycles. The predicted octanol–water partition coefficient (Wildman–Crippen LogP) is 2.53. The van der Waals surface area contributed by atoms with E-state index in [9.17, 15) is 18.0 Å². The van der Waals surface area contributed by atoms with Crippen LogP contribution in [0.1, 0.15) is 13.8 Å². The van der Waals surface area contributed by atoms with E-state index in [2.05, 4.69) is 0 Å². The van der Waals surface area contributed by atoms with Gasteiger partial charge in [0.1, 0.15) is 6.29 Å². The molecule has 0 aliphatic heterocycles. The maximum Gasteiger partial charge on any atom is 0.416 e. The largest absolute Gasteiger partial charge is 0.416 e. The van der Waals surface area contributed by atoms with Gasteiger partial charge in [-0.1, -0.05) is 0 Å². The lowest BCUT2D eigenvalue weighted by Gasteiger charge is -2.15. The summed E-state index contributed by atoms with van der Waals surface area (Å²) in [5.74, 6) is 0. The first kappa shape index (κ1) is 13.7. The molecule has 0 aromatic rings. The van der Waals surface area contributed by atoms with Crippen molar-refractivity contribution in [1.29, 1.82) is 0 Å². The molecule has 0 spiro atoms. The Hall–Kier alpha value is -1.26. The minimum absolute atomic E-state index is 0.211. The molecule has 86 valence electrons. The lowest BCUT2D eigenvalue weighted by molar-refractivity contribution is -0.107. The Morgan fingerprint density at radius 3 is 1.93 bits per heavy atom. The van der Waals surface area contributed by atoms with E-state index in [1.807, 2.05) is 0 Å². The first-order chi connectivity index (χ1) is 6.70. The van der Waals surface area contributed by atoms with E-state index in [0.717, 1.165) is 13.0 Å². The molecule has 2 nitrogen and oxygen atoms in total. The van der Waals surface area contributed by atoms with E-state index in [1.54, 1.807) is 25.9 Å². The Bertz CT molecular complexity index is 300. The summed E-state index contributed by atoms with van der Waals surface area (Å²) in [6.07, 6.45) is -3.33. The SMILES string of the molecule is CC(=C/C(=C(/C)C=O)C(F)(F)F)N(C)C. The predicted molar refractivity (Wildman–Crippen MR) is 52.3 cm³/mol. The van der Waals surface area contributed by atoms with Crippen molar-refractivity contribution in [2.75, 3.05) is 14.1 Å². The molecule has 0 amide bonds. The number of carbonyl (C=O) groups is 1. The first-order valence-electron chi connectivity index (χ1n) is 4.29. The normalized spacial score (nSPS) is 14.7. The number of hydrogen-bond acceptors (Lipinski definition) is 2. The number of rotatable bonds is 3. The average molecular weight is 221 g/mol. The molecule has 0 atom stereocenters. The highest BCUT2D eigenvalue weighted by molar-refractivity contribution is 5.75. The van der Waals surface area contributed by atoms with Crippen LogP contribution in [-0.4, -0.2) is 31.5 Å². The molecule has 0 heterocycles. The van der Waals surface area contributed by atoms with E-state index in [-0.39, 0.29) is 11.9 Å². The van der Waals surface area contributed by atoms with Crippen molar-refractivity contribution in [2.45, 2.75) is 20.0 Å². The molecule has 0 fully saturated rings. The smallest absolute Gasteiger partial charge is 0.381 e. The minimum Gasteiger partial charge on any atom is -0.381 e. The maximum absolute atomic E-state index is 12.5. The molecule has 0 saturated carbocycles. The number of nitrogens with zero attached hydrogens (tertiary/aromatic N) is 1. The number of alkyl halides is 3. The van der Waals surface area contributed by atoms with Gasteiger partial charge in [-0.05, 0) is 19.9 Å². The van der Waals surface area contributed by atoms with Crippen LogP contribution in [0.25, 0.3) is 0 Å². The second-order valence-corrected chi connectivity index (χ2v) is 3.39. The van der Waals surface area contributed by atoms with Gasteiger partial charge in [0, 0.05) is 25.4 Å². The van der Waals surface area contributed by atoms with E-state index in [1.165, 1.54) is 0 Å². The van der Waals surface area contributed by atoms with Crippen molar-refractivity contribution in [3.63, 3.8) is 0 Å². The number of halogens is 3. The third kappa shape index (κ3) is 4.18. The Morgan fingerprint density at radius 2 is 1.67 bits per heavy atom. The van der Waals surface area contributed by atoms with Crippen LogP contribution in [0.15, 0.2) is 22.9 Å². The fourth-order valence-corrected chi connectivity index (χ4v) is 0.821. The lowest BCUT2D eigenvalue weighted by Crippen LogP contribution is -2.16. The molecule has 0 bridgehead atoms. The molecule has 0 saturated heterocycles. The summed E-state index contributed by atoms with van der Waals surface area (Å²) < 4.78 is 37.5. The minimum atomic E-state index is -4.50. The second kappa shape index (κ2) is 5.00. The van der Waals surface area contributed by atoms with Crippen LogP contribution < -0.4 is 0 Å². The molecule has 0 aliphatic carbocycles. The highest BCUT2D eigenvalue weighted by Gasteiger charge is 2.33. The van der Waals surface area contributed by atoms with Gasteiger partial charge in [-0.2, -0.15) is 13.2 Å². The Labute approximate surface area is 87.1 Å². The number of hydrogen-bond donors (Lipinski definition) is 0. The van der Waals surface area contributed by atoms with E-state index < -0.39 is 11.7 Å². The first-order valence-corrected chi connectivity index (χ1v) is 4.29. The molecule has 15 heavy (non-hydrogen) atoms. The van der Waals surface area contributed by atoms with Crippen molar-refractivity contribution in [2.24, 2.45) is 0 Å². The standard InChI is InChI=1S/C10H14F3NO/c1-7(6-15)9(10(11,12)13)5-8(2)14(3)4/h5-6H,1-4H3/b8-5?,9-7+. The van der Waals surface area contributed by atoms with Crippen molar-refractivity contribution >= 4 is 6.29 Å². The zero-order valence-electron chi connectivity index (χ0n) is 9.14. The maximum atomic E-state index is 12.5. The van der Waals surface area contributed by atoms with Crippen LogP contribution >= 0.6 is 0 Å². The average Bonchev–Trinajstić information content (AvgIpc) is 2.10. The molecular weight excluding hydrogens is 207 g/mol. The summed E-state index contributed by atoms with van der Waals surface area (Å²) >= 11 is 0. The Morgan fingerprint density at radius 1 is 1.20 bits per heavy atom. The summed E-state index contributed by atoms with van der Waals surface area (Å²) in [7, 11) is 3.27. The third-order valence-electron chi connectivity index (χ3n) is 1.97. The Balaban J connectivity index is 5.37. The zero-order chi connectivity index (χ0) is 12.2. The third-order valence-corrected chi connectivity index (χ3v) is 1.97. The van der Waals surface area contributed by atoms with Gasteiger partial charge in [-0.15, -0.1) is 0 Å². The second-order valence-electron chi connectivity index (χ2n) is 3.39. The molecule has 0 N–H and O–H groups in total. The van der Waals surface area contributed by atoms with Crippen molar-refractivity contribution < 1.29 is 18.0 Å². The van der Waals surface area contributed by atoms with Gasteiger partial charge in [-0.3, -0.25) is 4.79 Å². The van der Waals surface area contributed by atoms with E-state index >= 15 is 0 Å². The summed E-state index contributed by atoms with van der Waals surface area (Å²) in [4.78, 5) is 11.9. The number of carbonyl (C=O) groups excluding carboxylic acids is 1. The quantitative estimate of drug-likeness (QED) is 0.414.